The van der Waals surface area contributed by atoms with Crippen molar-refractivity contribution in [1.82, 2.24) is 24.5 Å². The van der Waals surface area contributed by atoms with Gasteiger partial charge in [0.1, 0.15) is 11.2 Å². The van der Waals surface area contributed by atoms with Crippen LogP contribution in [0.4, 0.5) is 0 Å². The van der Waals surface area contributed by atoms with E-state index in [-0.39, 0.29) is 0 Å². The number of hydrogen-bond donors (Lipinski definition) is 0. The lowest BCUT2D eigenvalue weighted by atomic mass is 10.1. The predicted molar refractivity (Wildman–Crippen MR) is 140 cm³/mol. The molecule has 3 heterocycles. The maximum absolute atomic E-state index is 5.07. The Morgan fingerprint density at radius 1 is 0.514 bits per heavy atom. The molecule has 0 aliphatic heterocycles. The van der Waals surface area contributed by atoms with Crippen molar-refractivity contribution in [2.45, 2.75) is 0 Å². The first kappa shape index (κ1) is 19.6. The molecule has 0 radical (unpaired) electrons. The van der Waals surface area contributed by atoms with Crippen LogP contribution < -0.4 is 0 Å². The van der Waals surface area contributed by atoms with Gasteiger partial charge in [0.15, 0.2) is 5.65 Å². The summed E-state index contributed by atoms with van der Waals surface area (Å²) in [7, 11) is 0. The number of para-hydroxylation sites is 2. The van der Waals surface area contributed by atoms with Crippen LogP contribution in [-0.2, 0) is 0 Å². The van der Waals surface area contributed by atoms with Gasteiger partial charge in [-0.1, -0.05) is 97.1 Å². The molecule has 35 heavy (non-hydrogen) atoms. The molecule has 0 bridgehead atoms. The van der Waals surface area contributed by atoms with Crippen molar-refractivity contribution >= 4 is 33.0 Å². The highest BCUT2D eigenvalue weighted by atomic mass is 15.2. The van der Waals surface area contributed by atoms with Gasteiger partial charge < -0.3 is 0 Å². The van der Waals surface area contributed by atoms with Gasteiger partial charge in [0.2, 0.25) is 5.95 Å². The molecule has 0 amide bonds. The van der Waals surface area contributed by atoms with E-state index in [9.17, 15) is 0 Å². The third-order valence-corrected chi connectivity index (χ3v) is 6.29. The van der Waals surface area contributed by atoms with Crippen LogP contribution >= 0.6 is 0 Å². The number of benzene rings is 4. The van der Waals surface area contributed by atoms with Crippen LogP contribution in [0.15, 0.2) is 115 Å². The third kappa shape index (κ3) is 3.17. The zero-order valence-electron chi connectivity index (χ0n) is 18.7. The molecule has 0 N–H and O–H groups in total. The summed E-state index contributed by atoms with van der Waals surface area (Å²) in [4.78, 5) is 19.8. The highest BCUT2D eigenvalue weighted by Gasteiger charge is 2.18. The van der Waals surface area contributed by atoms with Crippen LogP contribution in [0.25, 0.3) is 61.4 Å². The molecule has 4 aromatic carbocycles. The van der Waals surface area contributed by atoms with Gasteiger partial charge in [-0.15, -0.1) is 0 Å². The Hall–Kier alpha value is -4.90. The van der Waals surface area contributed by atoms with Gasteiger partial charge in [-0.05, 0) is 12.1 Å². The molecule has 0 atom stereocenters. The molecule has 7 rings (SSSR count). The molecule has 164 valence electrons. The number of aromatic nitrogens is 5. The average molecular weight is 450 g/mol. The summed E-state index contributed by atoms with van der Waals surface area (Å²) < 4.78 is 2.12. The SMILES string of the molecule is c1ccc(-c2cnc3c(-c4ccccc4)nc(-n4c5ccccc5c5ccccc54)nc3n2)cc1. The first-order valence-corrected chi connectivity index (χ1v) is 11.5. The maximum atomic E-state index is 5.07. The summed E-state index contributed by atoms with van der Waals surface area (Å²) in [6.45, 7) is 0. The van der Waals surface area contributed by atoms with Crippen molar-refractivity contribution in [3.63, 3.8) is 0 Å². The summed E-state index contributed by atoms with van der Waals surface area (Å²) in [6.07, 6.45) is 1.80. The van der Waals surface area contributed by atoms with Crippen molar-refractivity contribution in [3.05, 3.63) is 115 Å². The molecular weight excluding hydrogens is 430 g/mol. The van der Waals surface area contributed by atoms with Crippen LogP contribution in [0.2, 0.25) is 0 Å². The van der Waals surface area contributed by atoms with Crippen molar-refractivity contribution in [2.24, 2.45) is 0 Å². The van der Waals surface area contributed by atoms with E-state index in [1.165, 1.54) is 0 Å². The fourth-order valence-corrected chi connectivity index (χ4v) is 4.68. The fourth-order valence-electron chi connectivity index (χ4n) is 4.68. The molecule has 0 spiro atoms. The number of nitrogens with zero attached hydrogens (tertiary/aromatic N) is 5. The molecule has 3 aromatic heterocycles. The normalized spacial score (nSPS) is 11.4. The summed E-state index contributed by atoms with van der Waals surface area (Å²) in [5, 5.41) is 2.33. The fraction of sp³-hybridized carbons (Fsp3) is 0. The van der Waals surface area contributed by atoms with Crippen molar-refractivity contribution in [2.75, 3.05) is 0 Å². The summed E-state index contributed by atoms with van der Waals surface area (Å²) in [6, 6.07) is 36.9. The molecule has 0 unspecified atom stereocenters. The molecule has 0 aliphatic carbocycles. The van der Waals surface area contributed by atoms with Crippen molar-refractivity contribution < 1.29 is 0 Å². The van der Waals surface area contributed by atoms with E-state index in [0.29, 0.717) is 17.1 Å². The average Bonchev–Trinajstić information content (AvgIpc) is 3.27. The summed E-state index contributed by atoms with van der Waals surface area (Å²) in [5.41, 5.74) is 6.88. The van der Waals surface area contributed by atoms with Gasteiger partial charge in [-0.2, -0.15) is 4.98 Å². The largest absolute Gasteiger partial charge is 0.278 e. The van der Waals surface area contributed by atoms with E-state index >= 15 is 0 Å². The van der Waals surface area contributed by atoms with Gasteiger partial charge in [-0.25, -0.2) is 15.0 Å². The van der Waals surface area contributed by atoms with Crippen LogP contribution in [-0.4, -0.2) is 24.5 Å². The van der Waals surface area contributed by atoms with Gasteiger partial charge in [0.05, 0.1) is 22.9 Å². The van der Waals surface area contributed by atoms with E-state index in [1.54, 1.807) is 6.20 Å². The van der Waals surface area contributed by atoms with E-state index in [4.69, 9.17) is 19.9 Å². The van der Waals surface area contributed by atoms with E-state index in [2.05, 4.69) is 41.0 Å². The van der Waals surface area contributed by atoms with Crippen molar-refractivity contribution in [1.29, 1.82) is 0 Å². The zero-order chi connectivity index (χ0) is 23.2. The number of hydrogen-bond acceptors (Lipinski definition) is 4. The quantitative estimate of drug-likeness (QED) is 0.296. The lowest BCUT2D eigenvalue weighted by molar-refractivity contribution is 0.999. The van der Waals surface area contributed by atoms with E-state index in [0.717, 1.165) is 44.3 Å². The lowest BCUT2D eigenvalue weighted by Gasteiger charge is -2.11. The standard InChI is InChI=1S/C30H19N5/c1-3-11-20(12-4-1)24-19-31-28-27(21-13-5-2-6-14-21)33-30(34-29(28)32-24)35-25-17-9-7-15-22(25)23-16-8-10-18-26(23)35/h1-19H. The highest BCUT2D eigenvalue weighted by Crippen LogP contribution is 2.33. The Kier molecular flexibility index (Phi) is 4.39. The van der Waals surface area contributed by atoms with Crippen molar-refractivity contribution in [3.8, 4) is 28.5 Å². The van der Waals surface area contributed by atoms with Crippen LogP contribution in [0.3, 0.4) is 0 Å². The summed E-state index contributed by atoms with van der Waals surface area (Å²) >= 11 is 0. The maximum Gasteiger partial charge on any atom is 0.237 e. The molecule has 7 aromatic rings. The third-order valence-electron chi connectivity index (χ3n) is 6.29. The molecule has 5 heteroatoms. The number of rotatable bonds is 3. The second kappa shape index (κ2) is 7.85. The molecule has 0 saturated carbocycles. The molecular formula is C30H19N5. The zero-order valence-corrected chi connectivity index (χ0v) is 18.7. The molecule has 0 aliphatic rings. The van der Waals surface area contributed by atoms with Crippen LogP contribution in [0, 0.1) is 0 Å². The Bertz CT molecular complexity index is 1790. The monoisotopic (exact) mass is 449 g/mol. The number of fused-ring (bicyclic) bond motifs is 4. The van der Waals surface area contributed by atoms with Gasteiger partial charge in [-0.3, -0.25) is 4.57 Å². The second-order valence-electron chi connectivity index (χ2n) is 8.40. The summed E-state index contributed by atoms with van der Waals surface area (Å²) in [5.74, 6) is 0.577. The van der Waals surface area contributed by atoms with E-state index in [1.807, 2.05) is 72.8 Å². The Labute approximate surface area is 201 Å². The van der Waals surface area contributed by atoms with Crippen LogP contribution in [0.5, 0.6) is 0 Å². The predicted octanol–water partition coefficient (Wildman–Crippen LogP) is 6.85. The first-order valence-electron chi connectivity index (χ1n) is 11.5. The minimum atomic E-state index is 0.567. The second-order valence-corrected chi connectivity index (χ2v) is 8.40. The molecule has 0 fully saturated rings. The van der Waals surface area contributed by atoms with Crippen LogP contribution in [0.1, 0.15) is 0 Å². The lowest BCUT2D eigenvalue weighted by Crippen LogP contribution is -2.05. The smallest absolute Gasteiger partial charge is 0.237 e. The minimum absolute atomic E-state index is 0.567. The van der Waals surface area contributed by atoms with Gasteiger partial charge in [0, 0.05) is 21.9 Å². The van der Waals surface area contributed by atoms with Gasteiger partial charge in [0.25, 0.3) is 0 Å². The first-order chi connectivity index (χ1) is 17.4. The Balaban J connectivity index is 1.57. The molecule has 0 saturated heterocycles. The Morgan fingerprint density at radius 3 is 1.74 bits per heavy atom. The minimum Gasteiger partial charge on any atom is -0.278 e. The van der Waals surface area contributed by atoms with E-state index < -0.39 is 0 Å². The van der Waals surface area contributed by atoms with Gasteiger partial charge >= 0.3 is 0 Å². The highest BCUT2D eigenvalue weighted by molar-refractivity contribution is 6.09. The Morgan fingerprint density at radius 2 is 1.09 bits per heavy atom. The molecule has 5 nitrogen and oxygen atoms in total. The topological polar surface area (TPSA) is 56.5 Å².